The first-order chi connectivity index (χ1) is 11.3. The standard InChI is InChI=1S/C16H11ClN4OS/c17-12-6-8-13(9-7-12)22-10-14-18-19-16-21(14)20-15(23-16)11-4-2-1-3-5-11/h1-9H,10H2. The summed E-state index contributed by atoms with van der Waals surface area (Å²) < 4.78 is 7.44. The van der Waals surface area contributed by atoms with E-state index in [1.165, 1.54) is 11.3 Å². The van der Waals surface area contributed by atoms with Gasteiger partial charge in [0.15, 0.2) is 5.82 Å². The van der Waals surface area contributed by atoms with E-state index in [0.29, 0.717) is 17.5 Å². The molecule has 0 aliphatic rings. The molecule has 0 aliphatic carbocycles. The lowest BCUT2D eigenvalue weighted by Gasteiger charge is -2.03. The van der Waals surface area contributed by atoms with Crippen molar-refractivity contribution in [3.05, 3.63) is 65.4 Å². The van der Waals surface area contributed by atoms with Gasteiger partial charge in [-0.3, -0.25) is 0 Å². The maximum Gasteiger partial charge on any atom is 0.235 e. The zero-order valence-corrected chi connectivity index (χ0v) is 13.5. The van der Waals surface area contributed by atoms with Gasteiger partial charge in [0.05, 0.1) is 0 Å². The number of hydrogen-bond acceptors (Lipinski definition) is 5. The van der Waals surface area contributed by atoms with Gasteiger partial charge in [0.25, 0.3) is 0 Å². The van der Waals surface area contributed by atoms with Gasteiger partial charge in [-0.05, 0) is 24.3 Å². The lowest BCUT2D eigenvalue weighted by Crippen LogP contribution is -2.02. The molecule has 0 atom stereocenters. The number of aromatic nitrogens is 4. The summed E-state index contributed by atoms with van der Waals surface area (Å²) in [5.74, 6) is 1.39. The number of halogens is 1. The summed E-state index contributed by atoms with van der Waals surface area (Å²) in [6.07, 6.45) is 0. The van der Waals surface area contributed by atoms with Crippen LogP contribution >= 0.6 is 22.9 Å². The van der Waals surface area contributed by atoms with E-state index in [9.17, 15) is 0 Å². The van der Waals surface area contributed by atoms with Crippen molar-refractivity contribution in [2.75, 3.05) is 0 Å². The van der Waals surface area contributed by atoms with Crippen molar-refractivity contribution in [2.45, 2.75) is 6.61 Å². The third-order valence-electron chi connectivity index (χ3n) is 3.26. The molecule has 23 heavy (non-hydrogen) atoms. The fraction of sp³-hybridized carbons (Fsp3) is 0.0625. The molecule has 5 nitrogen and oxygen atoms in total. The average Bonchev–Trinajstić information content (AvgIpc) is 3.16. The van der Waals surface area contributed by atoms with Gasteiger partial charge in [0.2, 0.25) is 4.96 Å². The van der Waals surface area contributed by atoms with Gasteiger partial charge in [-0.15, -0.1) is 10.2 Å². The first-order valence-electron chi connectivity index (χ1n) is 6.94. The van der Waals surface area contributed by atoms with Crippen LogP contribution in [0.4, 0.5) is 0 Å². The number of hydrogen-bond donors (Lipinski definition) is 0. The van der Waals surface area contributed by atoms with Crippen LogP contribution in [0.1, 0.15) is 5.82 Å². The second kappa shape index (κ2) is 5.98. The summed E-state index contributed by atoms with van der Waals surface area (Å²) in [6, 6.07) is 17.2. The molecule has 0 fully saturated rings. The van der Waals surface area contributed by atoms with Gasteiger partial charge in [-0.25, -0.2) is 0 Å². The van der Waals surface area contributed by atoms with Crippen LogP contribution in [0.3, 0.4) is 0 Å². The summed E-state index contributed by atoms with van der Waals surface area (Å²) in [5, 5.41) is 14.5. The molecule has 0 N–H and O–H groups in total. The summed E-state index contributed by atoms with van der Waals surface area (Å²) in [6.45, 7) is 0.292. The molecule has 2 heterocycles. The second-order valence-electron chi connectivity index (χ2n) is 4.83. The van der Waals surface area contributed by atoms with Crippen molar-refractivity contribution >= 4 is 27.9 Å². The van der Waals surface area contributed by atoms with Crippen molar-refractivity contribution in [3.8, 4) is 16.3 Å². The Bertz CT molecular complexity index is 934. The minimum absolute atomic E-state index is 0.292. The maximum atomic E-state index is 5.86. The molecule has 2 aromatic carbocycles. The van der Waals surface area contributed by atoms with Crippen LogP contribution in [0.25, 0.3) is 15.5 Å². The predicted octanol–water partition coefficient (Wildman–Crippen LogP) is 4.09. The van der Waals surface area contributed by atoms with Gasteiger partial charge in [-0.1, -0.05) is 53.3 Å². The number of fused-ring (bicyclic) bond motifs is 1. The van der Waals surface area contributed by atoms with E-state index in [0.717, 1.165) is 21.3 Å². The molecule has 0 saturated carbocycles. The van der Waals surface area contributed by atoms with Crippen LogP contribution in [0.15, 0.2) is 54.6 Å². The average molecular weight is 343 g/mol. The molecule has 0 amide bonds. The molecule has 4 aromatic rings. The normalized spacial score (nSPS) is 11.0. The molecule has 4 rings (SSSR count). The Hall–Kier alpha value is -2.44. The first kappa shape index (κ1) is 14.2. The zero-order chi connectivity index (χ0) is 15.6. The summed E-state index contributed by atoms with van der Waals surface area (Å²) in [7, 11) is 0. The zero-order valence-electron chi connectivity index (χ0n) is 11.9. The lowest BCUT2D eigenvalue weighted by atomic mass is 10.2. The molecule has 0 aliphatic heterocycles. The maximum absolute atomic E-state index is 5.86. The predicted molar refractivity (Wildman–Crippen MR) is 89.9 cm³/mol. The summed E-state index contributed by atoms with van der Waals surface area (Å²) in [5.41, 5.74) is 1.06. The van der Waals surface area contributed by atoms with Gasteiger partial charge in [0.1, 0.15) is 17.4 Å². The molecule has 7 heteroatoms. The fourth-order valence-electron chi connectivity index (χ4n) is 2.12. The van der Waals surface area contributed by atoms with Gasteiger partial charge in [0, 0.05) is 10.6 Å². The van der Waals surface area contributed by atoms with Crippen molar-refractivity contribution in [2.24, 2.45) is 0 Å². The quantitative estimate of drug-likeness (QED) is 0.560. The topological polar surface area (TPSA) is 52.3 Å². The van der Waals surface area contributed by atoms with E-state index >= 15 is 0 Å². The molecule has 0 spiro atoms. The number of ether oxygens (including phenoxy) is 1. The Kier molecular flexibility index (Phi) is 3.69. The Morgan fingerprint density at radius 2 is 1.78 bits per heavy atom. The van der Waals surface area contributed by atoms with Gasteiger partial charge in [-0.2, -0.15) is 9.61 Å². The Morgan fingerprint density at radius 1 is 1.00 bits per heavy atom. The summed E-state index contributed by atoms with van der Waals surface area (Å²) >= 11 is 7.36. The summed E-state index contributed by atoms with van der Waals surface area (Å²) in [4.78, 5) is 0.749. The molecule has 0 radical (unpaired) electrons. The minimum atomic E-state index is 0.292. The second-order valence-corrected chi connectivity index (χ2v) is 6.22. The monoisotopic (exact) mass is 342 g/mol. The van der Waals surface area contributed by atoms with Crippen molar-refractivity contribution in [1.82, 2.24) is 19.8 Å². The van der Waals surface area contributed by atoms with Crippen LogP contribution in [0, 0.1) is 0 Å². The van der Waals surface area contributed by atoms with Crippen molar-refractivity contribution < 1.29 is 4.74 Å². The highest BCUT2D eigenvalue weighted by molar-refractivity contribution is 7.19. The van der Waals surface area contributed by atoms with E-state index in [-0.39, 0.29) is 0 Å². The molecule has 0 bridgehead atoms. The van der Waals surface area contributed by atoms with Crippen LogP contribution in [-0.4, -0.2) is 19.8 Å². The molecule has 2 aromatic heterocycles. The van der Waals surface area contributed by atoms with Crippen LogP contribution < -0.4 is 4.74 Å². The van der Waals surface area contributed by atoms with Crippen LogP contribution in [-0.2, 0) is 6.61 Å². The molecular formula is C16H11ClN4OS. The van der Waals surface area contributed by atoms with Crippen molar-refractivity contribution in [3.63, 3.8) is 0 Å². The van der Waals surface area contributed by atoms with Crippen LogP contribution in [0.5, 0.6) is 5.75 Å². The van der Waals surface area contributed by atoms with Crippen molar-refractivity contribution in [1.29, 1.82) is 0 Å². The van der Waals surface area contributed by atoms with E-state index in [1.54, 1.807) is 16.6 Å². The molecule has 0 saturated heterocycles. The highest BCUT2D eigenvalue weighted by Crippen LogP contribution is 2.25. The van der Waals surface area contributed by atoms with E-state index in [2.05, 4.69) is 15.3 Å². The number of nitrogens with zero attached hydrogens (tertiary/aromatic N) is 4. The molecule has 0 unspecified atom stereocenters. The Labute approximate surface area is 141 Å². The van der Waals surface area contributed by atoms with Gasteiger partial charge < -0.3 is 4.74 Å². The van der Waals surface area contributed by atoms with E-state index in [1.807, 2.05) is 42.5 Å². The van der Waals surface area contributed by atoms with E-state index in [4.69, 9.17) is 16.3 Å². The SMILES string of the molecule is Clc1ccc(OCc2nnc3sc(-c4ccccc4)nn23)cc1. The lowest BCUT2D eigenvalue weighted by molar-refractivity contribution is 0.293. The highest BCUT2D eigenvalue weighted by atomic mass is 35.5. The van der Waals surface area contributed by atoms with Gasteiger partial charge >= 0.3 is 0 Å². The Morgan fingerprint density at radius 3 is 2.57 bits per heavy atom. The highest BCUT2D eigenvalue weighted by Gasteiger charge is 2.13. The van der Waals surface area contributed by atoms with Crippen LogP contribution in [0.2, 0.25) is 5.02 Å². The Balaban J connectivity index is 1.58. The first-order valence-corrected chi connectivity index (χ1v) is 8.14. The smallest absolute Gasteiger partial charge is 0.235 e. The fourth-order valence-corrected chi connectivity index (χ4v) is 3.11. The number of benzene rings is 2. The third-order valence-corrected chi connectivity index (χ3v) is 4.46. The van der Waals surface area contributed by atoms with E-state index < -0.39 is 0 Å². The minimum Gasteiger partial charge on any atom is -0.486 e. The number of rotatable bonds is 4. The molecule has 114 valence electrons. The molecular weight excluding hydrogens is 332 g/mol. The largest absolute Gasteiger partial charge is 0.486 e. The third kappa shape index (κ3) is 2.91.